The van der Waals surface area contributed by atoms with Gasteiger partial charge in [0.1, 0.15) is 0 Å². The topological polar surface area (TPSA) is 30.7 Å². The summed E-state index contributed by atoms with van der Waals surface area (Å²) in [4.78, 5) is 13.7. The SMILES string of the molecule is [C-]#[N+]CCCOC(=O)C=CC. The van der Waals surface area contributed by atoms with Crippen LogP contribution in [0.15, 0.2) is 12.2 Å². The van der Waals surface area contributed by atoms with Gasteiger partial charge in [0, 0.05) is 6.08 Å². The van der Waals surface area contributed by atoms with Gasteiger partial charge in [0.2, 0.25) is 6.54 Å². The number of carbonyl (C=O) groups is 1. The second-order valence-corrected chi connectivity index (χ2v) is 1.90. The minimum absolute atomic E-state index is 0.336. The van der Waals surface area contributed by atoms with E-state index in [2.05, 4.69) is 4.85 Å². The summed E-state index contributed by atoms with van der Waals surface area (Å²) in [5, 5.41) is 0. The lowest BCUT2D eigenvalue weighted by Gasteiger charge is -1.96. The molecule has 60 valence electrons. The Morgan fingerprint density at radius 2 is 2.45 bits per heavy atom. The highest BCUT2D eigenvalue weighted by Crippen LogP contribution is 1.86. The lowest BCUT2D eigenvalue weighted by atomic mass is 10.4. The molecule has 11 heavy (non-hydrogen) atoms. The molecule has 0 spiro atoms. The molecular formula is C8H11NO2. The van der Waals surface area contributed by atoms with Gasteiger partial charge in [-0.3, -0.25) is 0 Å². The van der Waals surface area contributed by atoms with Crippen molar-refractivity contribution in [2.45, 2.75) is 13.3 Å². The third kappa shape index (κ3) is 6.59. The monoisotopic (exact) mass is 153 g/mol. The van der Waals surface area contributed by atoms with Crippen LogP contribution in [-0.4, -0.2) is 19.1 Å². The molecule has 0 radical (unpaired) electrons. The quantitative estimate of drug-likeness (QED) is 0.264. The first kappa shape index (κ1) is 9.70. The largest absolute Gasteiger partial charge is 0.462 e. The fraction of sp³-hybridized carbons (Fsp3) is 0.500. The maximum Gasteiger partial charge on any atom is 0.330 e. The van der Waals surface area contributed by atoms with Crippen molar-refractivity contribution < 1.29 is 9.53 Å². The second kappa shape index (κ2) is 6.81. The molecule has 0 atom stereocenters. The van der Waals surface area contributed by atoms with E-state index >= 15 is 0 Å². The number of hydrogen-bond donors (Lipinski definition) is 0. The predicted octanol–water partition coefficient (Wildman–Crippen LogP) is 1.42. The highest BCUT2D eigenvalue weighted by atomic mass is 16.5. The van der Waals surface area contributed by atoms with Gasteiger partial charge in [0.15, 0.2) is 0 Å². The van der Waals surface area contributed by atoms with E-state index in [-0.39, 0.29) is 5.97 Å². The van der Waals surface area contributed by atoms with Crippen molar-refractivity contribution in [2.24, 2.45) is 0 Å². The van der Waals surface area contributed by atoms with Crippen LogP contribution in [-0.2, 0) is 9.53 Å². The summed E-state index contributed by atoms with van der Waals surface area (Å²) in [6.07, 6.45) is 3.60. The Bertz CT molecular complexity index is 179. The van der Waals surface area contributed by atoms with Gasteiger partial charge in [-0.1, -0.05) is 6.08 Å². The Morgan fingerprint density at radius 1 is 1.73 bits per heavy atom. The third-order valence-electron chi connectivity index (χ3n) is 0.961. The van der Waals surface area contributed by atoms with Crippen molar-refractivity contribution in [3.63, 3.8) is 0 Å². The molecule has 0 aromatic heterocycles. The molecule has 0 amide bonds. The number of allylic oxidation sites excluding steroid dienone is 1. The maximum absolute atomic E-state index is 10.6. The van der Waals surface area contributed by atoms with Gasteiger partial charge in [-0.15, -0.1) is 0 Å². The summed E-state index contributed by atoms with van der Waals surface area (Å²) in [6.45, 7) is 8.95. The lowest BCUT2D eigenvalue weighted by Crippen LogP contribution is -2.02. The van der Waals surface area contributed by atoms with Crippen molar-refractivity contribution in [2.75, 3.05) is 13.2 Å². The van der Waals surface area contributed by atoms with Crippen LogP contribution in [0.25, 0.3) is 4.85 Å². The van der Waals surface area contributed by atoms with E-state index in [1.165, 1.54) is 6.08 Å². The van der Waals surface area contributed by atoms with Crippen LogP contribution >= 0.6 is 0 Å². The number of ether oxygens (including phenoxy) is 1. The summed E-state index contributed by atoms with van der Waals surface area (Å²) in [5.41, 5.74) is 0. The zero-order chi connectivity index (χ0) is 8.53. The molecule has 0 saturated heterocycles. The van der Waals surface area contributed by atoms with E-state index in [0.717, 1.165) is 0 Å². The first-order chi connectivity index (χ1) is 5.31. The molecule has 0 fully saturated rings. The Morgan fingerprint density at radius 3 is 3.00 bits per heavy atom. The van der Waals surface area contributed by atoms with Crippen molar-refractivity contribution in [1.29, 1.82) is 0 Å². The summed E-state index contributed by atoms with van der Waals surface area (Å²) in [7, 11) is 0. The Labute approximate surface area is 66.5 Å². The van der Waals surface area contributed by atoms with Crippen molar-refractivity contribution >= 4 is 5.97 Å². The Hall–Kier alpha value is -1.30. The van der Waals surface area contributed by atoms with Gasteiger partial charge < -0.3 is 9.58 Å². The number of hydrogen-bond acceptors (Lipinski definition) is 2. The molecule has 0 N–H and O–H groups in total. The molecule has 0 aliphatic rings. The first-order valence-corrected chi connectivity index (χ1v) is 3.44. The predicted molar refractivity (Wildman–Crippen MR) is 41.9 cm³/mol. The zero-order valence-corrected chi connectivity index (χ0v) is 6.54. The number of esters is 1. The van der Waals surface area contributed by atoms with Gasteiger partial charge >= 0.3 is 5.97 Å². The fourth-order valence-electron chi connectivity index (χ4n) is 0.501. The Balaban J connectivity index is 3.26. The standard InChI is InChI=1S/C8H11NO2/c1-3-5-8(10)11-7-4-6-9-2/h3,5H,4,6-7H2,1H3. The number of rotatable bonds is 4. The molecular weight excluding hydrogens is 142 g/mol. The van der Waals surface area contributed by atoms with Crippen molar-refractivity contribution in [1.82, 2.24) is 0 Å². The van der Waals surface area contributed by atoms with Crippen LogP contribution in [0, 0.1) is 6.57 Å². The van der Waals surface area contributed by atoms with Crippen molar-refractivity contribution in [3.8, 4) is 0 Å². The highest BCUT2D eigenvalue weighted by molar-refractivity contribution is 5.81. The third-order valence-corrected chi connectivity index (χ3v) is 0.961. The second-order valence-electron chi connectivity index (χ2n) is 1.90. The molecule has 0 aromatic carbocycles. The van der Waals surface area contributed by atoms with Gasteiger partial charge in [-0.2, -0.15) is 0 Å². The molecule has 3 heteroatoms. The maximum atomic E-state index is 10.6. The van der Waals surface area contributed by atoms with Gasteiger partial charge in [0.05, 0.1) is 13.0 Å². The number of nitrogens with zero attached hydrogens (tertiary/aromatic N) is 1. The highest BCUT2D eigenvalue weighted by Gasteiger charge is 1.95. The summed E-state index contributed by atoms with van der Waals surface area (Å²) >= 11 is 0. The van der Waals surface area contributed by atoms with Crippen molar-refractivity contribution in [3.05, 3.63) is 23.6 Å². The van der Waals surface area contributed by atoms with E-state index in [1.54, 1.807) is 13.0 Å². The average molecular weight is 153 g/mol. The molecule has 0 unspecified atom stereocenters. The van der Waals surface area contributed by atoms with Crippen LogP contribution in [0.2, 0.25) is 0 Å². The smallest absolute Gasteiger partial charge is 0.330 e. The summed E-state index contributed by atoms with van der Waals surface area (Å²) < 4.78 is 4.72. The first-order valence-electron chi connectivity index (χ1n) is 3.44. The molecule has 0 aliphatic heterocycles. The molecule has 0 heterocycles. The molecule has 0 bridgehead atoms. The van der Waals surface area contributed by atoms with Crippen LogP contribution < -0.4 is 0 Å². The van der Waals surface area contributed by atoms with E-state index in [9.17, 15) is 4.79 Å². The lowest BCUT2D eigenvalue weighted by molar-refractivity contribution is -0.137. The normalized spacial score (nSPS) is 9.45. The van der Waals surface area contributed by atoms with Gasteiger partial charge in [-0.25, -0.2) is 11.4 Å². The summed E-state index contributed by atoms with van der Waals surface area (Å²) in [6, 6.07) is 0. The minimum Gasteiger partial charge on any atom is -0.462 e. The molecule has 0 rings (SSSR count). The van der Waals surface area contributed by atoms with E-state index in [0.29, 0.717) is 19.6 Å². The van der Waals surface area contributed by atoms with Gasteiger partial charge in [0.25, 0.3) is 0 Å². The zero-order valence-electron chi connectivity index (χ0n) is 6.54. The molecule has 3 nitrogen and oxygen atoms in total. The minimum atomic E-state index is -0.336. The number of carbonyl (C=O) groups excluding carboxylic acids is 1. The Kier molecular flexibility index (Phi) is 6.01. The average Bonchev–Trinajstić information content (AvgIpc) is 1.99. The van der Waals surface area contributed by atoms with E-state index < -0.39 is 0 Å². The van der Waals surface area contributed by atoms with E-state index in [4.69, 9.17) is 11.3 Å². The van der Waals surface area contributed by atoms with E-state index in [1.807, 2.05) is 0 Å². The van der Waals surface area contributed by atoms with Crippen LogP contribution in [0.3, 0.4) is 0 Å². The van der Waals surface area contributed by atoms with Gasteiger partial charge in [-0.05, 0) is 6.92 Å². The molecule has 0 aromatic rings. The molecule has 0 saturated carbocycles. The van der Waals surface area contributed by atoms with Crippen LogP contribution in [0.5, 0.6) is 0 Å². The fourth-order valence-corrected chi connectivity index (χ4v) is 0.501. The molecule has 0 aliphatic carbocycles. The summed E-state index contributed by atoms with van der Waals surface area (Å²) in [5.74, 6) is -0.336. The van der Waals surface area contributed by atoms with Crippen LogP contribution in [0.4, 0.5) is 0 Å². The van der Waals surface area contributed by atoms with Crippen LogP contribution in [0.1, 0.15) is 13.3 Å².